The minimum Gasteiger partial charge on any atom is -0.375 e. The highest BCUT2D eigenvalue weighted by Crippen LogP contribution is 2.19. The van der Waals surface area contributed by atoms with Crippen molar-refractivity contribution in [3.63, 3.8) is 0 Å². The van der Waals surface area contributed by atoms with Gasteiger partial charge in [-0.1, -0.05) is 0 Å². The van der Waals surface area contributed by atoms with Crippen molar-refractivity contribution in [1.29, 1.82) is 0 Å². The van der Waals surface area contributed by atoms with Gasteiger partial charge >= 0.3 is 0 Å². The summed E-state index contributed by atoms with van der Waals surface area (Å²) in [5.41, 5.74) is 1.22. The molecule has 0 aromatic carbocycles. The molecule has 3 nitrogen and oxygen atoms in total. The van der Waals surface area contributed by atoms with Gasteiger partial charge in [-0.2, -0.15) is 0 Å². The highest BCUT2D eigenvalue weighted by atomic mass is 32.1. The molecule has 4 heteroatoms. The van der Waals surface area contributed by atoms with E-state index < -0.39 is 0 Å². The zero-order chi connectivity index (χ0) is 12.3. The Hall–Kier alpha value is -0.450. The molecule has 1 aromatic heterocycles. The number of nitrogens with one attached hydrogen (secondary N) is 1. The quantitative estimate of drug-likeness (QED) is 0.896. The van der Waals surface area contributed by atoms with E-state index in [1.807, 2.05) is 0 Å². The number of thiazole rings is 1. The Morgan fingerprint density at radius 1 is 1.41 bits per heavy atom. The van der Waals surface area contributed by atoms with Crippen LogP contribution in [0.25, 0.3) is 0 Å². The van der Waals surface area contributed by atoms with Crippen molar-refractivity contribution in [3.05, 3.63) is 16.1 Å². The monoisotopic (exact) mass is 254 g/mol. The lowest BCUT2D eigenvalue weighted by molar-refractivity contribution is -0.0419. The molecule has 0 bridgehead atoms. The zero-order valence-corrected chi connectivity index (χ0v) is 11.7. The van der Waals surface area contributed by atoms with Gasteiger partial charge in [0, 0.05) is 24.4 Å². The first-order chi connectivity index (χ1) is 8.13. The molecule has 0 spiro atoms. The van der Waals surface area contributed by atoms with Crippen LogP contribution >= 0.6 is 11.3 Å². The molecule has 0 aliphatic carbocycles. The summed E-state index contributed by atoms with van der Waals surface area (Å²) < 4.78 is 5.73. The number of nitrogens with zero attached hydrogens (tertiary/aromatic N) is 1. The van der Waals surface area contributed by atoms with Crippen molar-refractivity contribution < 1.29 is 4.74 Å². The van der Waals surface area contributed by atoms with Crippen molar-refractivity contribution in [2.24, 2.45) is 0 Å². The number of rotatable bonds is 4. The molecule has 1 aliphatic heterocycles. The Morgan fingerprint density at radius 3 is 2.71 bits per heavy atom. The SMILES string of the molecule is Cc1nc(CCNC2CC(C)OC(C)C2)cs1. The third-order valence-electron chi connectivity index (χ3n) is 3.18. The Balaban J connectivity index is 1.71. The highest BCUT2D eigenvalue weighted by Gasteiger charge is 2.23. The lowest BCUT2D eigenvalue weighted by atomic mass is 10.00. The largest absolute Gasteiger partial charge is 0.375 e. The molecule has 1 N–H and O–H groups in total. The fourth-order valence-electron chi connectivity index (χ4n) is 2.50. The van der Waals surface area contributed by atoms with Crippen LogP contribution in [0.15, 0.2) is 5.38 Å². The van der Waals surface area contributed by atoms with Gasteiger partial charge in [0.1, 0.15) is 0 Å². The van der Waals surface area contributed by atoms with Crippen LogP contribution in [0.5, 0.6) is 0 Å². The summed E-state index contributed by atoms with van der Waals surface area (Å²) in [6.07, 6.45) is 4.06. The Kier molecular flexibility index (Phi) is 4.54. The molecule has 17 heavy (non-hydrogen) atoms. The van der Waals surface area contributed by atoms with Crippen LogP contribution in [0.3, 0.4) is 0 Å². The van der Waals surface area contributed by atoms with Crippen molar-refractivity contribution in [2.45, 2.75) is 58.3 Å². The molecule has 0 saturated carbocycles. The fraction of sp³-hybridized carbons (Fsp3) is 0.769. The second kappa shape index (κ2) is 5.94. The van der Waals surface area contributed by atoms with Gasteiger partial charge in [-0.25, -0.2) is 4.98 Å². The third kappa shape index (κ3) is 4.05. The Labute approximate surface area is 108 Å². The molecule has 2 heterocycles. The number of hydrogen-bond donors (Lipinski definition) is 1. The molecule has 96 valence electrons. The molecular weight excluding hydrogens is 232 g/mol. The lowest BCUT2D eigenvalue weighted by Gasteiger charge is -2.32. The maximum absolute atomic E-state index is 5.73. The van der Waals surface area contributed by atoms with E-state index in [-0.39, 0.29) is 0 Å². The number of aromatic nitrogens is 1. The van der Waals surface area contributed by atoms with Gasteiger partial charge in [0.05, 0.1) is 22.9 Å². The molecular formula is C13H22N2OS. The number of ether oxygens (including phenoxy) is 1. The van der Waals surface area contributed by atoms with Crippen molar-refractivity contribution in [3.8, 4) is 0 Å². The van der Waals surface area contributed by atoms with E-state index in [1.54, 1.807) is 11.3 Å². The van der Waals surface area contributed by atoms with Gasteiger partial charge < -0.3 is 10.1 Å². The van der Waals surface area contributed by atoms with E-state index in [4.69, 9.17) is 4.74 Å². The lowest BCUT2D eigenvalue weighted by Crippen LogP contribution is -2.42. The maximum atomic E-state index is 5.73. The Bertz CT molecular complexity index is 343. The van der Waals surface area contributed by atoms with Gasteiger partial charge in [-0.15, -0.1) is 11.3 Å². The topological polar surface area (TPSA) is 34.2 Å². The van der Waals surface area contributed by atoms with E-state index in [0.29, 0.717) is 18.2 Å². The van der Waals surface area contributed by atoms with Gasteiger partial charge in [-0.3, -0.25) is 0 Å². The first-order valence-electron chi connectivity index (χ1n) is 6.43. The summed E-state index contributed by atoms with van der Waals surface area (Å²) in [6.45, 7) is 7.40. The molecule has 2 atom stereocenters. The van der Waals surface area contributed by atoms with Crippen molar-refractivity contribution >= 4 is 11.3 Å². The van der Waals surface area contributed by atoms with Gasteiger partial charge in [0.15, 0.2) is 0 Å². The predicted molar refractivity (Wildman–Crippen MR) is 71.6 cm³/mol. The summed E-state index contributed by atoms with van der Waals surface area (Å²) in [6, 6.07) is 0.605. The zero-order valence-electron chi connectivity index (χ0n) is 10.9. The van der Waals surface area contributed by atoms with Crippen LogP contribution in [0, 0.1) is 6.92 Å². The summed E-state index contributed by atoms with van der Waals surface area (Å²) in [5, 5.41) is 6.94. The van der Waals surface area contributed by atoms with E-state index in [2.05, 4.69) is 36.5 Å². The molecule has 1 aromatic rings. The molecule has 2 unspecified atom stereocenters. The molecule has 1 aliphatic rings. The number of aryl methyl sites for hydroxylation is 1. The van der Waals surface area contributed by atoms with Crippen LogP contribution in [-0.4, -0.2) is 29.8 Å². The fourth-order valence-corrected chi connectivity index (χ4v) is 3.15. The maximum Gasteiger partial charge on any atom is 0.0897 e. The van der Waals surface area contributed by atoms with Crippen LogP contribution in [-0.2, 0) is 11.2 Å². The highest BCUT2D eigenvalue weighted by molar-refractivity contribution is 7.09. The average molecular weight is 254 g/mol. The second-order valence-corrected chi connectivity index (χ2v) is 6.05. The third-order valence-corrected chi connectivity index (χ3v) is 4.00. The summed E-state index contributed by atoms with van der Waals surface area (Å²) in [7, 11) is 0. The molecule has 0 amide bonds. The standard InChI is InChI=1S/C13H22N2OS/c1-9-6-13(7-10(2)16-9)14-5-4-12-8-17-11(3)15-12/h8-10,13-14H,4-7H2,1-3H3. The van der Waals surface area contributed by atoms with E-state index in [0.717, 1.165) is 30.8 Å². The Morgan fingerprint density at radius 2 is 2.12 bits per heavy atom. The summed E-state index contributed by atoms with van der Waals surface area (Å²) in [5.74, 6) is 0. The van der Waals surface area contributed by atoms with Crippen LogP contribution < -0.4 is 5.32 Å². The number of hydrogen-bond acceptors (Lipinski definition) is 4. The van der Waals surface area contributed by atoms with Crippen molar-refractivity contribution in [2.75, 3.05) is 6.54 Å². The minimum atomic E-state index is 0.387. The van der Waals surface area contributed by atoms with Crippen LogP contribution in [0.1, 0.15) is 37.4 Å². The second-order valence-electron chi connectivity index (χ2n) is 4.99. The molecule has 0 radical (unpaired) electrons. The van der Waals surface area contributed by atoms with E-state index in [1.165, 1.54) is 5.69 Å². The first kappa shape index (κ1) is 13.0. The van der Waals surface area contributed by atoms with Crippen molar-refractivity contribution in [1.82, 2.24) is 10.3 Å². The smallest absolute Gasteiger partial charge is 0.0897 e. The normalized spacial score (nSPS) is 29.5. The van der Waals surface area contributed by atoms with Crippen LogP contribution in [0.4, 0.5) is 0 Å². The molecule has 2 rings (SSSR count). The van der Waals surface area contributed by atoms with E-state index in [9.17, 15) is 0 Å². The minimum absolute atomic E-state index is 0.387. The summed E-state index contributed by atoms with van der Waals surface area (Å²) >= 11 is 1.73. The molecule has 1 saturated heterocycles. The van der Waals surface area contributed by atoms with Gasteiger partial charge in [0.25, 0.3) is 0 Å². The van der Waals surface area contributed by atoms with Gasteiger partial charge in [-0.05, 0) is 33.6 Å². The summed E-state index contributed by atoms with van der Waals surface area (Å²) in [4.78, 5) is 4.48. The first-order valence-corrected chi connectivity index (χ1v) is 7.31. The van der Waals surface area contributed by atoms with Gasteiger partial charge in [0.2, 0.25) is 0 Å². The molecule has 1 fully saturated rings. The predicted octanol–water partition coefficient (Wildman–Crippen LogP) is 2.54. The van der Waals surface area contributed by atoms with E-state index >= 15 is 0 Å². The average Bonchev–Trinajstić information content (AvgIpc) is 2.63. The van der Waals surface area contributed by atoms with Crippen LogP contribution in [0.2, 0.25) is 0 Å².